The van der Waals surface area contributed by atoms with Crippen molar-refractivity contribution in [3.8, 4) is 5.75 Å². The Bertz CT molecular complexity index is 763. The maximum absolute atomic E-state index is 12.9. The quantitative estimate of drug-likeness (QED) is 0.554. The Morgan fingerprint density at radius 1 is 0.963 bits per heavy atom. The van der Waals surface area contributed by atoms with Gasteiger partial charge in [0.2, 0.25) is 0 Å². The minimum absolute atomic E-state index is 0.0270. The van der Waals surface area contributed by atoms with Crippen molar-refractivity contribution < 1.29 is 32.2 Å². The van der Waals surface area contributed by atoms with Crippen molar-refractivity contribution in [1.29, 1.82) is 0 Å². The molecular formula is C19H18F3NO4. The third-order valence-electron chi connectivity index (χ3n) is 3.41. The van der Waals surface area contributed by atoms with Crippen molar-refractivity contribution >= 4 is 17.6 Å². The topological polar surface area (TPSA) is 64.6 Å². The third-order valence-corrected chi connectivity index (χ3v) is 3.41. The highest BCUT2D eigenvalue weighted by molar-refractivity contribution is 5.93. The van der Waals surface area contributed by atoms with E-state index in [1.54, 1.807) is 12.1 Å². The smallest absolute Gasteiger partial charge is 0.418 e. The number of carbonyl (C=O) groups is 2. The molecule has 0 bridgehead atoms. The van der Waals surface area contributed by atoms with Gasteiger partial charge in [-0.1, -0.05) is 30.3 Å². The highest BCUT2D eigenvalue weighted by atomic mass is 19.4. The van der Waals surface area contributed by atoms with Gasteiger partial charge < -0.3 is 14.8 Å². The van der Waals surface area contributed by atoms with Crippen LogP contribution in [-0.2, 0) is 20.5 Å². The highest BCUT2D eigenvalue weighted by Gasteiger charge is 2.33. The number of benzene rings is 2. The molecule has 0 aliphatic carbocycles. The molecule has 5 nitrogen and oxygen atoms in total. The Morgan fingerprint density at radius 3 is 2.33 bits per heavy atom. The summed E-state index contributed by atoms with van der Waals surface area (Å²) in [6.07, 6.45) is -4.19. The van der Waals surface area contributed by atoms with Gasteiger partial charge in [-0.25, -0.2) is 0 Å². The number of carbonyl (C=O) groups excluding carboxylic acids is 2. The van der Waals surface area contributed by atoms with Gasteiger partial charge in [0, 0.05) is 6.42 Å². The van der Waals surface area contributed by atoms with Crippen LogP contribution in [0.15, 0.2) is 54.6 Å². The van der Waals surface area contributed by atoms with Crippen LogP contribution in [0.25, 0.3) is 0 Å². The van der Waals surface area contributed by atoms with Gasteiger partial charge in [-0.3, -0.25) is 9.59 Å². The fourth-order valence-corrected chi connectivity index (χ4v) is 2.17. The maximum Gasteiger partial charge on any atom is 0.418 e. The Kier molecular flexibility index (Phi) is 7.22. The monoisotopic (exact) mass is 381 g/mol. The summed E-state index contributed by atoms with van der Waals surface area (Å²) in [6, 6.07) is 13.6. The molecule has 0 radical (unpaired) electrons. The summed E-state index contributed by atoms with van der Waals surface area (Å²) in [5.41, 5.74) is -1.36. The standard InChI is InChI=1S/C19H18F3NO4/c20-19(21,22)15-9-4-5-10-16(15)23-17(24)13-27-18(25)11-6-12-26-14-7-2-1-3-8-14/h1-5,7-10H,6,11-13H2,(H,23,24). The van der Waals surface area contributed by atoms with Gasteiger partial charge >= 0.3 is 12.1 Å². The summed E-state index contributed by atoms with van der Waals surface area (Å²) in [5.74, 6) is -0.805. The summed E-state index contributed by atoms with van der Waals surface area (Å²) >= 11 is 0. The van der Waals surface area contributed by atoms with Crippen LogP contribution in [0.3, 0.4) is 0 Å². The molecule has 0 unspecified atom stereocenters. The summed E-state index contributed by atoms with van der Waals surface area (Å²) < 4.78 is 48.8. The SMILES string of the molecule is O=C(COC(=O)CCCOc1ccccc1)Nc1ccccc1C(F)(F)F. The number of anilines is 1. The first-order valence-electron chi connectivity index (χ1n) is 8.16. The minimum atomic E-state index is -4.60. The molecule has 8 heteroatoms. The van der Waals surface area contributed by atoms with Crippen molar-refractivity contribution in [2.24, 2.45) is 0 Å². The zero-order valence-electron chi connectivity index (χ0n) is 14.3. The number of nitrogens with one attached hydrogen (secondary N) is 1. The van der Waals surface area contributed by atoms with E-state index in [9.17, 15) is 22.8 Å². The molecule has 0 saturated heterocycles. The number of ether oxygens (including phenoxy) is 2. The van der Waals surface area contributed by atoms with Crippen LogP contribution < -0.4 is 10.1 Å². The molecule has 0 saturated carbocycles. The summed E-state index contributed by atoms with van der Waals surface area (Å²) in [4.78, 5) is 23.3. The van der Waals surface area contributed by atoms with Gasteiger partial charge in [-0.15, -0.1) is 0 Å². The van der Waals surface area contributed by atoms with E-state index in [-0.39, 0.29) is 12.1 Å². The summed E-state index contributed by atoms with van der Waals surface area (Å²) in [5, 5.41) is 2.10. The Hall–Kier alpha value is -3.03. The number of rotatable bonds is 8. The van der Waals surface area contributed by atoms with Crippen LogP contribution in [0.2, 0.25) is 0 Å². The molecule has 0 aromatic heterocycles. The van der Waals surface area contributed by atoms with Gasteiger partial charge in [0.25, 0.3) is 5.91 Å². The van der Waals surface area contributed by atoms with Crippen LogP contribution in [0, 0.1) is 0 Å². The fraction of sp³-hybridized carbons (Fsp3) is 0.263. The van der Waals surface area contributed by atoms with Crippen molar-refractivity contribution in [2.75, 3.05) is 18.5 Å². The van der Waals surface area contributed by atoms with Crippen LogP contribution in [0.4, 0.5) is 18.9 Å². The number of esters is 1. The summed E-state index contributed by atoms with van der Waals surface area (Å²) in [6.45, 7) is -0.366. The lowest BCUT2D eigenvalue weighted by molar-refractivity contribution is -0.147. The average molecular weight is 381 g/mol. The highest BCUT2D eigenvalue weighted by Crippen LogP contribution is 2.34. The van der Waals surface area contributed by atoms with E-state index in [2.05, 4.69) is 5.32 Å². The maximum atomic E-state index is 12.9. The zero-order chi connectivity index (χ0) is 19.7. The number of halogens is 3. The lowest BCUT2D eigenvalue weighted by atomic mass is 10.1. The second-order valence-corrected chi connectivity index (χ2v) is 5.52. The predicted octanol–water partition coefficient (Wildman–Crippen LogP) is 4.05. The van der Waals surface area contributed by atoms with Crippen molar-refractivity contribution in [1.82, 2.24) is 0 Å². The molecule has 27 heavy (non-hydrogen) atoms. The molecule has 2 rings (SSSR count). The van der Waals surface area contributed by atoms with E-state index in [0.29, 0.717) is 18.8 Å². The van der Waals surface area contributed by atoms with Crippen LogP contribution in [-0.4, -0.2) is 25.1 Å². The normalized spacial score (nSPS) is 10.9. The first kappa shape index (κ1) is 20.3. The predicted molar refractivity (Wildman–Crippen MR) is 92.2 cm³/mol. The minimum Gasteiger partial charge on any atom is -0.494 e. The molecule has 0 aliphatic heterocycles. The van der Waals surface area contributed by atoms with Crippen LogP contribution in [0.5, 0.6) is 5.75 Å². The van der Waals surface area contributed by atoms with Crippen molar-refractivity contribution in [3.63, 3.8) is 0 Å². The second kappa shape index (κ2) is 9.61. The molecule has 0 fully saturated rings. The molecule has 2 aromatic carbocycles. The third kappa shape index (κ3) is 7.01. The van der Waals surface area contributed by atoms with E-state index in [4.69, 9.17) is 9.47 Å². The average Bonchev–Trinajstić information content (AvgIpc) is 2.64. The van der Waals surface area contributed by atoms with Gasteiger partial charge in [0.15, 0.2) is 6.61 Å². The van der Waals surface area contributed by atoms with E-state index >= 15 is 0 Å². The van der Waals surface area contributed by atoms with E-state index in [1.807, 2.05) is 18.2 Å². The molecule has 0 spiro atoms. The zero-order valence-corrected chi connectivity index (χ0v) is 14.3. The van der Waals surface area contributed by atoms with Gasteiger partial charge in [0.1, 0.15) is 5.75 Å². The first-order valence-corrected chi connectivity index (χ1v) is 8.16. The second-order valence-electron chi connectivity index (χ2n) is 5.52. The number of hydrogen-bond donors (Lipinski definition) is 1. The molecule has 144 valence electrons. The number of para-hydroxylation sites is 2. The van der Waals surface area contributed by atoms with E-state index in [0.717, 1.165) is 12.1 Å². The molecule has 1 amide bonds. The molecule has 0 heterocycles. The Labute approximate surface area is 154 Å². The Balaban J connectivity index is 1.70. The molecule has 0 aliphatic rings. The summed E-state index contributed by atoms with van der Waals surface area (Å²) in [7, 11) is 0. The Morgan fingerprint density at radius 2 is 1.63 bits per heavy atom. The lowest BCUT2D eigenvalue weighted by Crippen LogP contribution is -2.22. The fourth-order valence-electron chi connectivity index (χ4n) is 2.17. The first-order chi connectivity index (χ1) is 12.9. The van der Waals surface area contributed by atoms with Crippen LogP contribution in [0.1, 0.15) is 18.4 Å². The molecule has 0 atom stereocenters. The number of amides is 1. The number of hydrogen-bond acceptors (Lipinski definition) is 4. The molecular weight excluding hydrogens is 363 g/mol. The van der Waals surface area contributed by atoms with E-state index < -0.39 is 30.2 Å². The largest absolute Gasteiger partial charge is 0.494 e. The lowest BCUT2D eigenvalue weighted by Gasteiger charge is -2.13. The van der Waals surface area contributed by atoms with Crippen molar-refractivity contribution in [2.45, 2.75) is 19.0 Å². The molecule has 1 N–H and O–H groups in total. The van der Waals surface area contributed by atoms with Gasteiger partial charge in [-0.05, 0) is 30.7 Å². The van der Waals surface area contributed by atoms with Crippen molar-refractivity contribution in [3.05, 3.63) is 60.2 Å². The van der Waals surface area contributed by atoms with Gasteiger partial charge in [0.05, 0.1) is 17.9 Å². The number of alkyl halides is 3. The van der Waals surface area contributed by atoms with Gasteiger partial charge in [-0.2, -0.15) is 13.2 Å². The van der Waals surface area contributed by atoms with E-state index in [1.165, 1.54) is 12.1 Å². The van der Waals surface area contributed by atoms with Crippen LogP contribution >= 0.6 is 0 Å². The molecule has 2 aromatic rings.